The molecule has 0 unspecified atom stereocenters. The quantitative estimate of drug-likeness (QED) is 0.0791. The smallest absolute Gasteiger partial charge is 0.344 e. The maximum Gasteiger partial charge on any atom is 0.344 e. The van der Waals surface area contributed by atoms with Gasteiger partial charge in [0.2, 0.25) is 11.8 Å². The van der Waals surface area contributed by atoms with Crippen LogP contribution in [0.15, 0.2) is 25.3 Å². The molecule has 1 saturated carbocycles. The Balaban J connectivity index is 2.04. The third kappa shape index (κ3) is 16.1. The first-order chi connectivity index (χ1) is 18.2. The maximum atomic E-state index is 12.0. The predicted molar refractivity (Wildman–Crippen MR) is 127 cm³/mol. The van der Waals surface area contributed by atoms with E-state index in [1.54, 1.807) is 0 Å². The SMILES string of the molecule is C=CC(=O)OCC(=O)OCCONC(=O)CC1CCC(CC(=O)NOCCOC(=O)COC(=O)C=C)CC1. The molecule has 0 aromatic rings. The van der Waals surface area contributed by atoms with Crippen molar-refractivity contribution < 1.29 is 57.4 Å². The summed E-state index contributed by atoms with van der Waals surface area (Å²) in [5.41, 5.74) is 4.59. The number of esters is 4. The van der Waals surface area contributed by atoms with Crippen molar-refractivity contribution in [1.82, 2.24) is 11.0 Å². The number of amides is 2. The lowest BCUT2D eigenvalue weighted by molar-refractivity contribution is -0.158. The molecule has 0 heterocycles. The van der Waals surface area contributed by atoms with Gasteiger partial charge in [-0.05, 0) is 37.5 Å². The van der Waals surface area contributed by atoms with Gasteiger partial charge in [0.1, 0.15) is 26.4 Å². The Morgan fingerprint density at radius 1 is 0.605 bits per heavy atom. The monoisotopic (exact) mass is 542 g/mol. The van der Waals surface area contributed by atoms with Crippen molar-refractivity contribution in [1.29, 1.82) is 0 Å². The molecule has 0 aromatic heterocycles. The average Bonchev–Trinajstić information content (AvgIpc) is 2.90. The Kier molecular flexibility index (Phi) is 16.4. The summed E-state index contributed by atoms with van der Waals surface area (Å²) in [6.45, 7) is 4.94. The zero-order valence-electron chi connectivity index (χ0n) is 21.1. The molecule has 1 aliphatic carbocycles. The van der Waals surface area contributed by atoms with Gasteiger partial charge in [0.15, 0.2) is 13.2 Å². The van der Waals surface area contributed by atoms with Gasteiger partial charge in [-0.2, -0.15) is 0 Å². The highest BCUT2D eigenvalue weighted by atomic mass is 16.7. The van der Waals surface area contributed by atoms with Gasteiger partial charge in [-0.1, -0.05) is 13.2 Å². The second-order valence-electron chi connectivity index (χ2n) is 8.11. The normalized spacial score (nSPS) is 16.3. The fourth-order valence-electron chi connectivity index (χ4n) is 3.37. The van der Waals surface area contributed by atoms with E-state index in [-0.39, 0.29) is 62.9 Å². The molecule has 14 heteroatoms. The summed E-state index contributed by atoms with van der Waals surface area (Å²) in [6.07, 6.45) is 5.50. The lowest BCUT2D eigenvalue weighted by Gasteiger charge is -2.27. The molecule has 2 amide bonds. The first-order valence-corrected chi connectivity index (χ1v) is 11.9. The Morgan fingerprint density at radius 2 is 0.974 bits per heavy atom. The van der Waals surface area contributed by atoms with Gasteiger partial charge < -0.3 is 18.9 Å². The molecule has 2 N–H and O–H groups in total. The van der Waals surface area contributed by atoms with Crippen LogP contribution in [-0.2, 0) is 57.4 Å². The van der Waals surface area contributed by atoms with Crippen LogP contribution < -0.4 is 11.0 Å². The second-order valence-corrected chi connectivity index (χ2v) is 8.11. The third-order valence-electron chi connectivity index (χ3n) is 5.18. The van der Waals surface area contributed by atoms with Gasteiger partial charge in [0.25, 0.3) is 0 Å². The summed E-state index contributed by atoms with van der Waals surface area (Å²) < 4.78 is 18.6. The van der Waals surface area contributed by atoms with E-state index in [1.165, 1.54) is 0 Å². The molecule has 38 heavy (non-hydrogen) atoms. The molecule has 0 spiro atoms. The van der Waals surface area contributed by atoms with E-state index in [0.717, 1.165) is 37.8 Å². The van der Waals surface area contributed by atoms with Crippen molar-refractivity contribution >= 4 is 35.7 Å². The highest BCUT2D eigenvalue weighted by Crippen LogP contribution is 2.32. The summed E-state index contributed by atoms with van der Waals surface area (Å²) >= 11 is 0. The first-order valence-electron chi connectivity index (χ1n) is 11.9. The van der Waals surface area contributed by atoms with Crippen LogP contribution in [-0.4, -0.2) is 75.3 Å². The number of hydrogen-bond donors (Lipinski definition) is 2. The number of carbonyl (C=O) groups is 6. The van der Waals surface area contributed by atoms with E-state index in [0.29, 0.717) is 0 Å². The lowest BCUT2D eigenvalue weighted by Crippen LogP contribution is -2.31. The summed E-state index contributed by atoms with van der Waals surface area (Å²) in [5.74, 6) is -3.26. The van der Waals surface area contributed by atoms with E-state index in [2.05, 4.69) is 33.6 Å². The van der Waals surface area contributed by atoms with Crippen molar-refractivity contribution in [2.24, 2.45) is 11.8 Å². The summed E-state index contributed by atoms with van der Waals surface area (Å²) in [5, 5.41) is 0. The van der Waals surface area contributed by atoms with Gasteiger partial charge in [-0.15, -0.1) is 0 Å². The zero-order chi connectivity index (χ0) is 28.2. The molecule has 1 fully saturated rings. The fraction of sp³-hybridized carbons (Fsp3) is 0.583. The van der Waals surface area contributed by atoms with E-state index in [4.69, 9.17) is 19.1 Å². The molecule has 0 aromatic carbocycles. The van der Waals surface area contributed by atoms with Crippen LogP contribution in [0, 0.1) is 11.8 Å². The van der Waals surface area contributed by atoms with Crippen molar-refractivity contribution in [2.45, 2.75) is 38.5 Å². The second kappa shape index (κ2) is 19.3. The molecule has 0 atom stereocenters. The van der Waals surface area contributed by atoms with Crippen molar-refractivity contribution in [3.05, 3.63) is 25.3 Å². The van der Waals surface area contributed by atoms with E-state index >= 15 is 0 Å². The molecule has 0 saturated heterocycles. The highest BCUT2D eigenvalue weighted by molar-refractivity contribution is 5.84. The van der Waals surface area contributed by atoms with Crippen LogP contribution in [0.5, 0.6) is 0 Å². The minimum absolute atomic E-state index is 0.0651. The van der Waals surface area contributed by atoms with Gasteiger partial charge in [-0.3, -0.25) is 19.3 Å². The summed E-state index contributed by atoms with van der Waals surface area (Å²) in [7, 11) is 0. The van der Waals surface area contributed by atoms with Crippen molar-refractivity contribution in [2.75, 3.05) is 39.6 Å². The predicted octanol–water partition coefficient (Wildman–Crippen LogP) is 0.213. The topological polar surface area (TPSA) is 182 Å². The Morgan fingerprint density at radius 3 is 1.32 bits per heavy atom. The number of rotatable bonds is 18. The van der Waals surface area contributed by atoms with E-state index in [1.807, 2.05) is 0 Å². The van der Waals surface area contributed by atoms with Crippen molar-refractivity contribution in [3.8, 4) is 0 Å². The molecule has 0 aliphatic heterocycles. The van der Waals surface area contributed by atoms with Crippen LogP contribution >= 0.6 is 0 Å². The zero-order valence-corrected chi connectivity index (χ0v) is 21.1. The molecule has 212 valence electrons. The minimum atomic E-state index is -0.752. The largest absolute Gasteiger partial charge is 0.461 e. The molecule has 0 radical (unpaired) electrons. The standard InChI is InChI=1S/C24H34N2O12/c1-3-21(29)35-15-23(31)33-9-11-37-25-19(27)13-17-5-7-18(8-6-17)14-20(28)26-38-12-10-34-24(32)16-36-22(30)4-2/h3-4,17-18H,1-2,5-16H2,(H,25,27)(H,26,28). The third-order valence-corrected chi connectivity index (χ3v) is 5.18. The molecule has 0 bridgehead atoms. The van der Waals surface area contributed by atoms with Gasteiger partial charge >= 0.3 is 23.9 Å². The first kappa shape index (κ1) is 32.2. The Bertz CT molecular complexity index is 768. The average molecular weight is 543 g/mol. The molecule has 14 nitrogen and oxygen atoms in total. The fourth-order valence-corrected chi connectivity index (χ4v) is 3.37. The van der Waals surface area contributed by atoms with Crippen molar-refractivity contribution in [3.63, 3.8) is 0 Å². The summed E-state index contributed by atoms with van der Waals surface area (Å²) in [6, 6.07) is 0. The van der Waals surface area contributed by atoms with Crippen LogP contribution in [0.3, 0.4) is 0 Å². The molecule has 1 rings (SSSR count). The van der Waals surface area contributed by atoms with Crippen LogP contribution in [0.4, 0.5) is 0 Å². The number of hydroxylamine groups is 2. The molecular formula is C24H34N2O12. The summed E-state index contributed by atoms with van der Waals surface area (Å²) in [4.78, 5) is 78.3. The number of carbonyl (C=O) groups excluding carboxylic acids is 6. The Hall–Kier alpha value is -3.78. The number of ether oxygens (including phenoxy) is 4. The van der Waals surface area contributed by atoms with Gasteiger partial charge in [-0.25, -0.2) is 30.1 Å². The van der Waals surface area contributed by atoms with Crippen LogP contribution in [0.1, 0.15) is 38.5 Å². The maximum absolute atomic E-state index is 12.0. The van der Waals surface area contributed by atoms with Crippen LogP contribution in [0.25, 0.3) is 0 Å². The lowest BCUT2D eigenvalue weighted by atomic mass is 9.79. The van der Waals surface area contributed by atoms with E-state index < -0.39 is 37.1 Å². The van der Waals surface area contributed by atoms with E-state index in [9.17, 15) is 28.8 Å². The minimum Gasteiger partial charge on any atom is -0.461 e. The molecular weight excluding hydrogens is 508 g/mol. The van der Waals surface area contributed by atoms with Gasteiger partial charge in [0, 0.05) is 25.0 Å². The number of hydrogen-bond acceptors (Lipinski definition) is 12. The van der Waals surface area contributed by atoms with Gasteiger partial charge in [0.05, 0.1) is 0 Å². The molecule has 1 aliphatic rings. The van der Waals surface area contributed by atoms with Crippen LogP contribution in [0.2, 0.25) is 0 Å². The number of nitrogens with one attached hydrogen (secondary N) is 2. The Labute approximate surface area is 219 Å². The highest BCUT2D eigenvalue weighted by Gasteiger charge is 2.25.